The van der Waals surface area contributed by atoms with Crippen molar-refractivity contribution in [3.8, 4) is 5.75 Å². The molecule has 98 valence electrons. The Hall–Kier alpha value is -1.06. The minimum Gasteiger partial charge on any atom is -0.493 e. The van der Waals surface area contributed by atoms with Gasteiger partial charge in [0.2, 0.25) is 0 Å². The van der Waals surface area contributed by atoms with E-state index < -0.39 is 0 Å². The fourth-order valence-corrected chi connectivity index (χ4v) is 2.80. The highest BCUT2D eigenvalue weighted by atomic mass is 16.5. The van der Waals surface area contributed by atoms with Gasteiger partial charge >= 0.3 is 0 Å². The standard InChI is InChI=1S/C15H20O3/c16-13(15-2-1-8-17-15)5-3-11-4-6-14-12(10-11)7-9-18-14/h4,6,10,13,15-16H,1-3,5,7-9H2. The lowest BCUT2D eigenvalue weighted by atomic mass is 10.00. The van der Waals surface area contributed by atoms with Crippen LogP contribution in [0.1, 0.15) is 30.4 Å². The molecule has 3 rings (SSSR count). The molecular formula is C15H20O3. The van der Waals surface area contributed by atoms with Gasteiger partial charge in [0.15, 0.2) is 0 Å². The first-order valence-corrected chi connectivity index (χ1v) is 6.87. The normalized spacial score (nSPS) is 23.7. The van der Waals surface area contributed by atoms with Crippen molar-refractivity contribution in [1.82, 2.24) is 0 Å². The van der Waals surface area contributed by atoms with E-state index in [4.69, 9.17) is 9.47 Å². The first-order valence-electron chi connectivity index (χ1n) is 6.87. The van der Waals surface area contributed by atoms with Crippen molar-refractivity contribution in [1.29, 1.82) is 0 Å². The SMILES string of the molecule is OC(CCc1ccc2c(c1)CCO2)C1CCCO1. The van der Waals surface area contributed by atoms with Crippen molar-refractivity contribution in [3.63, 3.8) is 0 Å². The lowest BCUT2D eigenvalue weighted by molar-refractivity contribution is -0.00501. The van der Waals surface area contributed by atoms with Gasteiger partial charge in [0.1, 0.15) is 5.75 Å². The van der Waals surface area contributed by atoms with E-state index in [0.29, 0.717) is 0 Å². The smallest absolute Gasteiger partial charge is 0.122 e. The van der Waals surface area contributed by atoms with E-state index in [9.17, 15) is 5.11 Å². The quantitative estimate of drug-likeness (QED) is 0.886. The van der Waals surface area contributed by atoms with Gasteiger partial charge in [-0.05, 0) is 42.9 Å². The molecule has 0 saturated carbocycles. The third kappa shape index (κ3) is 2.52. The highest BCUT2D eigenvalue weighted by Gasteiger charge is 2.23. The summed E-state index contributed by atoms with van der Waals surface area (Å²) in [6, 6.07) is 6.37. The predicted octanol–water partition coefficient (Wildman–Crippen LogP) is 2.09. The summed E-state index contributed by atoms with van der Waals surface area (Å²) in [6.45, 7) is 1.61. The Morgan fingerprint density at radius 1 is 1.33 bits per heavy atom. The molecule has 18 heavy (non-hydrogen) atoms. The number of aliphatic hydroxyl groups is 1. The van der Waals surface area contributed by atoms with Gasteiger partial charge in [0.05, 0.1) is 18.8 Å². The Labute approximate surface area is 108 Å². The average Bonchev–Trinajstić information content (AvgIpc) is 3.05. The maximum absolute atomic E-state index is 10.1. The number of aryl methyl sites for hydroxylation is 1. The molecule has 2 heterocycles. The van der Waals surface area contributed by atoms with E-state index in [2.05, 4.69) is 18.2 Å². The summed E-state index contributed by atoms with van der Waals surface area (Å²) in [5.74, 6) is 1.03. The number of rotatable bonds is 4. The Morgan fingerprint density at radius 3 is 3.11 bits per heavy atom. The van der Waals surface area contributed by atoms with Gasteiger partial charge in [-0.2, -0.15) is 0 Å². The van der Waals surface area contributed by atoms with E-state index >= 15 is 0 Å². The van der Waals surface area contributed by atoms with E-state index in [-0.39, 0.29) is 12.2 Å². The second-order valence-corrected chi connectivity index (χ2v) is 5.20. The van der Waals surface area contributed by atoms with Gasteiger partial charge in [-0.3, -0.25) is 0 Å². The molecule has 1 saturated heterocycles. The van der Waals surface area contributed by atoms with Crippen LogP contribution in [0.25, 0.3) is 0 Å². The maximum atomic E-state index is 10.1. The zero-order chi connectivity index (χ0) is 12.4. The third-order valence-electron chi connectivity index (χ3n) is 3.88. The predicted molar refractivity (Wildman–Crippen MR) is 68.9 cm³/mol. The second-order valence-electron chi connectivity index (χ2n) is 5.20. The Balaban J connectivity index is 1.56. The van der Waals surface area contributed by atoms with Crippen LogP contribution < -0.4 is 4.74 Å². The van der Waals surface area contributed by atoms with Gasteiger partial charge in [0.25, 0.3) is 0 Å². The number of ether oxygens (including phenoxy) is 2. The van der Waals surface area contributed by atoms with Gasteiger partial charge in [0, 0.05) is 13.0 Å². The van der Waals surface area contributed by atoms with E-state index in [0.717, 1.165) is 51.1 Å². The van der Waals surface area contributed by atoms with E-state index in [1.54, 1.807) is 0 Å². The molecule has 1 aromatic rings. The lowest BCUT2D eigenvalue weighted by Crippen LogP contribution is -2.25. The summed E-state index contributed by atoms with van der Waals surface area (Å²) in [7, 11) is 0. The monoisotopic (exact) mass is 248 g/mol. The van der Waals surface area contributed by atoms with Crippen LogP contribution in [0.4, 0.5) is 0 Å². The van der Waals surface area contributed by atoms with Crippen LogP contribution in [0.3, 0.4) is 0 Å². The molecule has 3 heteroatoms. The number of hydrogen-bond acceptors (Lipinski definition) is 3. The third-order valence-corrected chi connectivity index (χ3v) is 3.88. The summed E-state index contributed by atoms with van der Waals surface area (Å²) in [5, 5.41) is 10.1. The minimum absolute atomic E-state index is 0.0581. The highest BCUT2D eigenvalue weighted by Crippen LogP contribution is 2.27. The molecule has 1 aromatic carbocycles. The molecule has 0 aliphatic carbocycles. The molecular weight excluding hydrogens is 228 g/mol. The van der Waals surface area contributed by atoms with Gasteiger partial charge in [-0.15, -0.1) is 0 Å². The van der Waals surface area contributed by atoms with Crippen molar-refractivity contribution in [2.75, 3.05) is 13.2 Å². The van der Waals surface area contributed by atoms with Gasteiger partial charge in [-0.1, -0.05) is 12.1 Å². The fourth-order valence-electron chi connectivity index (χ4n) is 2.80. The summed E-state index contributed by atoms with van der Waals surface area (Å²) in [4.78, 5) is 0. The summed E-state index contributed by atoms with van der Waals surface area (Å²) < 4.78 is 11.0. The van der Waals surface area contributed by atoms with Crippen molar-refractivity contribution in [2.24, 2.45) is 0 Å². The van der Waals surface area contributed by atoms with Crippen LogP contribution in [0.2, 0.25) is 0 Å². The van der Waals surface area contributed by atoms with Gasteiger partial charge in [-0.25, -0.2) is 0 Å². The van der Waals surface area contributed by atoms with Crippen molar-refractivity contribution < 1.29 is 14.6 Å². The zero-order valence-electron chi connectivity index (χ0n) is 10.6. The molecule has 0 amide bonds. The lowest BCUT2D eigenvalue weighted by Gasteiger charge is -2.17. The van der Waals surface area contributed by atoms with Crippen molar-refractivity contribution in [3.05, 3.63) is 29.3 Å². The zero-order valence-corrected chi connectivity index (χ0v) is 10.6. The van der Waals surface area contributed by atoms with Crippen LogP contribution in [-0.4, -0.2) is 30.5 Å². The van der Waals surface area contributed by atoms with Crippen molar-refractivity contribution in [2.45, 2.75) is 44.3 Å². The fraction of sp³-hybridized carbons (Fsp3) is 0.600. The Morgan fingerprint density at radius 2 is 2.28 bits per heavy atom. The topological polar surface area (TPSA) is 38.7 Å². The summed E-state index contributed by atoms with van der Waals surface area (Å²) in [5.41, 5.74) is 2.59. The summed E-state index contributed by atoms with van der Waals surface area (Å²) >= 11 is 0. The molecule has 2 atom stereocenters. The number of hydrogen-bond donors (Lipinski definition) is 1. The second kappa shape index (κ2) is 5.29. The minimum atomic E-state index is -0.322. The van der Waals surface area contributed by atoms with E-state index in [1.807, 2.05) is 0 Å². The van der Waals surface area contributed by atoms with Crippen LogP contribution >= 0.6 is 0 Å². The van der Waals surface area contributed by atoms with Crippen molar-refractivity contribution >= 4 is 0 Å². The molecule has 3 nitrogen and oxygen atoms in total. The Bertz CT molecular complexity index is 410. The molecule has 0 bridgehead atoms. The van der Waals surface area contributed by atoms with Crippen LogP contribution in [0.15, 0.2) is 18.2 Å². The highest BCUT2D eigenvalue weighted by molar-refractivity contribution is 5.39. The molecule has 0 radical (unpaired) electrons. The molecule has 0 spiro atoms. The number of fused-ring (bicyclic) bond motifs is 1. The first kappa shape index (κ1) is 12.0. The molecule has 1 N–H and O–H groups in total. The largest absolute Gasteiger partial charge is 0.493 e. The van der Waals surface area contributed by atoms with Crippen LogP contribution in [0, 0.1) is 0 Å². The maximum Gasteiger partial charge on any atom is 0.122 e. The number of aliphatic hydroxyl groups excluding tert-OH is 1. The van der Waals surface area contributed by atoms with E-state index in [1.165, 1.54) is 11.1 Å². The summed E-state index contributed by atoms with van der Waals surface area (Å²) in [6.07, 6.45) is 4.52. The molecule has 2 aliphatic rings. The van der Waals surface area contributed by atoms with Gasteiger partial charge < -0.3 is 14.6 Å². The first-order chi connectivity index (χ1) is 8.83. The molecule has 0 aromatic heterocycles. The molecule has 2 aliphatic heterocycles. The number of benzene rings is 1. The Kier molecular flexibility index (Phi) is 3.52. The molecule has 2 unspecified atom stereocenters. The van der Waals surface area contributed by atoms with Crippen LogP contribution in [0.5, 0.6) is 5.75 Å². The van der Waals surface area contributed by atoms with Crippen LogP contribution in [-0.2, 0) is 17.6 Å². The molecule has 1 fully saturated rings. The average molecular weight is 248 g/mol.